The molecule has 20 heavy (non-hydrogen) atoms. The number of aliphatic hydroxyl groups is 1. The van der Waals surface area contributed by atoms with E-state index in [4.69, 9.17) is 5.11 Å². The molecule has 2 N–H and O–H groups in total. The molecule has 0 aliphatic heterocycles. The number of hydrogen-bond donors (Lipinski definition) is 2. The number of aryl methyl sites for hydroxylation is 2. The summed E-state index contributed by atoms with van der Waals surface area (Å²) in [6.07, 6.45) is 5.70. The predicted octanol–water partition coefficient (Wildman–Crippen LogP) is 1.58. The summed E-state index contributed by atoms with van der Waals surface area (Å²) in [4.78, 5) is 2.29. The minimum Gasteiger partial charge on any atom is -0.396 e. The molecule has 1 saturated carbocycles. The van der Waals surface area contributed by atoms with Crippen LogP contribution in [0.4, 0.5) is 5.82 Å². The zero-order valence-electron chi connectivity index (χ0n) is 13.0. The van der Waals surface area contributed by atoms with Crippen molar-refractivity contribution >= 4 is 5.82 Å². The maximum atomic E-state index is 8.83. The van der Waals surface area contributed by atoms with Crippen LogP contribution in [0.2, 0.25) is 0 Å². The lowest BCUT2D eigenvalue weighted by Gasteiger charge is -2.21. The average molecular weight is 280 g/mol. The first-order chi connectivity index (χ1) is 9.63. The lowest BCUT2D eigenvalue weighted by molar-refractivity contribution is 0.283. The molecule has 1 aromatic rings. The summed E-state index contributed by atoms with van der Waals surface area (Å²) in [5, 5.41) is 17.0. The summed E-state index contributed by atoms with van der Waals surface area (Å²) in [7, 11) is 4.16. The highest BCUT2D eigenvalue weighted by Gasteiger charge is 2.23. The Balaban J connectivity index is 1.96. The molecule has 0 saturated heterocycles. The fourth-order valence-corrected chi connectivity index (χ4v) is 2.65. The molecule has 114 valence electrons. The SMILES string of the molecule is Cc1nn(C)c(N(C)CCCCCO)c1CNC1CC1. The molecule has 1 fully saturated rings. The van der Waals surface area contributed by atoms with Gasteiger partial charge in [-0.15, -0.1) is 0 Å². The first-order valence-corrected chi connectivity index (χ1v) is 7.71. The van der Waals surface area contributed by atoms with Gasteiger partial charge in [0.05, 0.1) is 5.69 Å². The van der Waals surface area contributed by atoms with Gasteiger partial charge >= 0.3 is 0 Å². The minimum atomic E-state index is 0.297. The van der Waals surface area contributed by atoms with Crippen LogP contribution in [0.5, 0.6) is 0 Å². The molecular weight excluding hydrogens is 252 g/mol. The Hall–Kier alpha value is -1.07. The van der Waals surface area contributed by atoms with E-state index in [2.05, 4.69) is 29.3 Å². The van der Waals surface area contributed by atoms with Crippen molar-refractivity contribution in [2.45, 2.75) is 51.6 Å². The molecule has 5 heteroatoms. The van der Waals surface area contributed by atoms with E-state index in [-0.39, 0.29) is 0 Å². The summed E-state index contributed by atoms with van der Waals surface area (Å²) >= 11 is 0. The molecule has 2 rings (SSSR count). The Labute approximate surface area is 122 Å². The summed E-state index contributed by atoms with van der Waals surface area (Å²) in [6, 6.07) is 0.720. The second kappa shape index (κ2) is 7.09. The molecular formula is C15H28N4O. The Bertz CT molecular complexity index is 426. The van der Waals surface area contributed by atoms with Crippen molar-refractivity contribution in [2.24, 2.45) is 7.05 Å². The highest BCUT2D eigenvalue weighted by Crippen LogP contribution is 2.25. The summed E-state index contributed by atoms with van der Waals surface area (Å²) in [5.41, 5.74) is 2.45. The molecule has 0 radical (unpaired) electrons. The van der Waals surface area contributed by atoms with E-state index in [1.165, 1.54) is 24.2 Å². The molecule has 1 aliphatic rings. The van der Waals surface area contributed by atoms with Gasteiger partial charge < -0.3 is 15.3 Å². The van der Waals surface area contributed by atoms with Crippen molar-refractivity contribution in [1.82, 2.24) is 15.1 Å². The molecule has 0 atom stereocenters. The van der Waals surface area contributed by atoms with Gasteiger partial charge in [0.2, 0.25) is 0 Å². The Morgan fingerprint density at radius 2 is 2.10 bits per heavy atom. The highest BCUT2D eigenvalue weighted by molar-refractivity contribution is 5.49. The maximum absolute atomic E-state index is 8.83. The summed E-state index contributed by atoms with van der Waals surface area (Å²) in [6.45, 7) is 4.31. The average Bonchev–Trinajstić information content (AvgIpc) is 3.18. The zero-order valence-corrected chi connectivity index (χ0v) is 13.0. The Morgan fingerprint density at radius 1 is 1.35 bits per heavy atom. The minimum absolute atomic E-state index is 0.297. The molecule has 0 amide bonds. The van der Waals surface area contributed by atoms with E-state index < -0.39 is 0 Å². The van der Waals surface area contributed by atoms with Crippen LogP contribution in [0.1, 0.15) is 43.4 Å². The van der Waals surface area contributed by atoms with Gasteiger partial charge in [0.1, 0.15) is 5.82 Å². The second-order valence-electron chi connectivity index (χ2n) is 5.87. The topological polar surface area (TPSA) is 53.3 Å². The van der Waals surface area contributed by atoms with E-state index >= 15 is 0 Å². The molecule has 0 aromatic carbocycles. The number of nitrogens with zero attached hydrogens (tertiary/aromatic N) is 3. The maximum Gasteiger partial charge on any atom is 0.131 e. The van der Waals surface area contributed by atoms with Crippen molar-refractivity contribution in [1.29, 1.82) is 0 Å². The first kappa shape index (κ1) is 15.3. The smallest absolute Gasteiger partial charge is 0.131 e. The van der Waals surface area contributed by atoms with Crippen molar-refractivity contribution in [2.75, 3.05) is 25.1 Å². The molecule has 5 nitrogen and oxygen atoms in total. The van der Waals surface area contributed by atoms with E-state index in [0.29, 0.717) is 6.61 Å². The molecule has 0 spiro atoms. The van der Waals surface area contributed by atoms with Crippen molar-refractivity contribution in [3.63, 3.8) is 0 Å². The van der Waals surface area contributed by atoms with Crippen LogP contribution in [-0.2, 0) is 13.6 Å². The van der Waals surface area contributed by atoms with Crippen LogP contribution >= 0.6 is 0 Å². The third kappa shape index (κ3) is 3.96. The number of aromatic nitrogens is 2. The van der Waals surface area contributed by atoms with Crippen LogP contribution < -0.4 is 10.2 Å². The van der Waals surface area contributed by atoms with Crippen molar-refractivity contribution in [3.8, 4) is 0 Å². The predicted molar refractivity (Wildman–Crippen MR) is 82.0 cm³/mol. The number of unbranched alkanes of at least 4 members (excludes halogenated alkanes) is 2. The van der Waals surface area contributed by atoms with Gasteiger partial charge in [0.15, 0.2) is 0 Å². The number of rotatable bonds is 9. The highest BCUT2D eigenvalue weighted by atomic mass is 16.2. The molecule has 0 unspecified atom stereocenters. The van der Waals surface area contributed by atoms with Crippen LogP contribution in [0, 0.1) is 6.92 Å². The number of hydrogen-bond acceptors (Lipinski definition) is 4. The van der Waals surface area contributed by atoms with Crippen LogP contribution in [0.25, 0.3) is 0 Å². The second-order valence-corrected chi connectivity index (χ2v) is 5.87. The van der Waals surface area contributed by atoms with Crippen molar-refractivity contribution in [3.05, 3.63) is 11.3 Å². The van der Waals surface area contributed by atoms with Gasteiger partial charge in [-0.2, -0.15) is 5.10 Å². The van der Waals surface area contributed by atoms with Gasteiger partial charge in [-0.1, -0.05) is 0 Å². The lowest BCUT2D eigenvalue weighted by atomic mass is 10.2. The lowest BCUT2D eigenvalue weighted by Crippen LogP contribution is -2.24. The fraction of sp³-hybridized carbons (Fsp3) is 0.800. The van der Waals surface area contributed by atoms with E-state index in [0.717, 1.165) is 44.1 Å². The number of aliphatic hydroxyl groups excluding tert-OH is 1. The van der Waals surface area contributed by atoms with Crippen molar-refractivity contribution < 1.29 is 5.11 Å². The standard InChI is InChI=1S/C15H28N4O/c1-12-14(11-16-13-7-8-13)15(19(3)17-12)18(2)9-5-4-6-10-20/h13,16,20H,4-11H2,1-3H3. The Morgan fingerprint density at radius 3 is 2.75 bits per heavy atom. The third-order valence-electron chi connectivity index (χ3n) is 3.97. The van der Waals surface area contributed by atoms with Gasteiger partial charge in [-0.25, -0.2) is 0 Å². The summed E-state index contributed by atoms with van der Waals surface area (Å²) < 4.78 is 1.99. The van der Waals surface area contributed by atoms with E-state index in [1.807, 2.05) is 11.7 Å². The molecule has 1 heterocycles. The molecule has 1 aromatic heterocycles. The number of anilines is 1. The van der Waals surface area contributed by atoms with Crippen LogP contribution in [0.3, 0.4) is 0 Å². The third-order valence-corrected chi connectivity index (χ3v) is 3.97. The van der Waals surface area contributed by atoms with E-state index in [1.54, 1.807) is 0 Å². The molecule has 0 bridgehead atoms. The quantitative estimate of drug-likeness (QED) is 0.674. The normalized spacial score (nSPS) is 14.8. The number of nitrogens with one attached hydrogen (secondary N) is 1. The van der Waals surface area contributed by atoms with Gasteiger partial charge in [-0.3, -0.25) is 4.68 Å². The Kier molecular flexibility index (Phi) is 5.43. The first-order valence-electron chi connectivity index (χ1n) is 7.71. The van der Waals surface area contributed by atoms with Crippen LogP contribution in [0.15, 0.2) is 0 Å². The fourth-order valence-electron chi connectivity index (χ4n) is 2.65. The van der Waals surface area contributed by atoms with Gasteiger partial charge in [0.25, 0.3) is 0 Å². The largest absolute Gasteiger partial charge is 0.396 e. The molecule has 1 aliphatic carbocycles. The monoisotopic (exact) mass is 280 g/mol. The van der Waals surface area contributed by atoms with E-state index in [9.17, 15) is 0 Å². The summed E-state index contributed by atoms with van der Waals surface area (Å²) in [5.74, 6) is 1.22. The zero-order chi connectivity index (χ0) is 14.5. The van der Waals surface area contributed by atoms with Gasteiger partial charge in [0, 0.05) is 45.4 Å². The van der Waals surface area contributed by atoms with Crippen LogP contribution in [-0.4, -0.2) is 41.1 Å². The van der Waals surface area contributed by atoms with Gasteiger partial charge in [-0.05, 0) is 39.0 Å².